The van der Waals surface area contributed by atoms with Gasteiger partial charge in [0.2, 0.25) is 0 Å². The average Bonchev–Trinajstić information content (AvgIpc) is 2.81. The first-order valence-electron chi connectivity index (χ1n) is 11.0. The third-order valence-corrected chi connectivity index (χ3v) is 5.55. The average molecular weight is 495 g/mol. The minimum Gasteiger partial charge on any atom is -0.372 e. The van der Waals surface area contributed by atoms with E-state index in [0.29, 0.717) is 5.02 Å². The van der Waals surface area contributed by atoms with E-state index in [4.69, 9.17) is 11.6 Å². The Hall–Kier alpha value is -1.93. The van der Waals surface area contributed by atoms with Crippen LogP contribution in [0.15, 0.2) is 48.5 Å². The highest BCUT2D eigenvalue weighted by molar-refractivity contribution is 6.30. The molecule has 1 N–H and O–H groups in total. The molecule has 0 bridgehead atoms. The molecular formula is C24H29ClF6N2. The molecule has 0 spiro atoms. The van der Waals surface area contributed by atoms with Crippen molar-refractivity contribution in [2.75, 3.05) is 31.1 Å². The molecule has 2 heterocycles. The summed E-state index contributed by atoms with van der Waals surface area (Å²) in [6.07, 6.45) is -0.822. The van der Waals surface area contributed by atoms with Gasteiger partial charge in [-0.15, -0.1) is 0 Å². The molecule has 2 nitrogen and oxygen atoms in total. The molecule has 0 aromatic heterocycles. The standard InChI is InChI=1S/C12H14F3N.C7H4ClF3.C5H11N/c13-12(14,15)10-4-6-11(7-5-10)16-8-2-1-3-9-16;8-6-3-1-5(2-4-6)7(9,10)11;1-2-4-6-5-3-1/h4-7H,1-3,8-9H2;1-4H;6H,1-5H2. The molecule has 33 heavy (non-hydrogen) atoms. The molecule has 0 atom stereocenters. The molecule has 2 saturated heterocycles. The highest BCUT2D eigenvalue weighted by atomic mass is 35.5. The van der Waals surface area contributed by atoms with Gasteiger partial charge in [-0.05, 0) is 93.7 Å². The predicted octanol–water partition coefficient (Wildman–Crippen LogP) is 7.81. The summed E-state index contributed by atoms with van der Waals surface area (Å²) in [6.45, 7) is 4.40. The summed E-state index contributed by atoms with van der Waals surface area (Å²) < 4.78 is 72.7. The third-order valence-electron chi connectivity index (χ3n) is 5.29. The van der Waals surface area contributed by atoms with Gasteiger partial charge in [0.1, 0.15) is 0 Å². The second-order valence-electron chi connectivity index (χ2n) is 7.91. The van der Waals surface area contributed by atoms with Crippen molar-refractivity contribution in [3.05, 3.63) is 64.7 Å². The zero-order chi connectivity index (χ0) is 24.3. The second-order valence-corrected chi connectivity index (χ2v) is 8.34. The highest BCUT2D eigenvalue weighted by Crippen LogP contribution is 2.31. The Labute approximate surface area is 195 Å². The number of hydrogen-bond acceptors (Lipinski definition) is 2. The molecule has 9 heteroatoms. The van der Waals surface area contributed by atoms with Gasteiger partial charge in [0.15, 0.2) is 0 Å². The van der Waals surface area contributed by atoms with Crippen LogP contribution >= 0.6 is 11.6 Å². The molecule has 0 saturated carbocycles. The summed E-state index contributed by atoms with van der Waals surface area (Å²) >= 11 is 5.39. The maximum Gasteiger partial charge on any atom is 0.416 e. The summed E-state index contributed by atoms with van der Waals surface area (Å²) in [7, 11) is 0. The van der Waals surface area contributed by atoms with Crippen molar-refractivity contribution in [3.8, 4) is 0 Å². The van der Waals surface area contributed by atoms with E-state index in [2.05, 4.69) is 10.2 Å². The third kappa shape index (κ3) is 10.3. The van der Waals surface area contributed by atoms with Crippen LogP contribution in [0.5, 0.6) is 0 Å². The van der Waals surface area contributed by atoms with Crippen LogP contribution in [0.4, 0.5) is 32.0 Å². The van der Waals surface area contributed by atoms with Crippen molar-refractivity contribution >= 4 is 17.3 Å². The first-order valence-corrected chi connectivity index (χ1v) is 11.4. The summed E-state index contributed by atoms with van der Waals surface area (Å²) in [5, 5.41) is 3.59. The van der Waals surface area contributed by atoms with Crippen molar-refractivity contribution in [3.63, 3.8) is 0 Å². The number of benzene rings is 2. The fraction of sp³-hybridized carbons (Fsp3) is 0.500. The number of halogens is 7. The summed E-state index contributed by atoms with van der Waals surface area (Å²) in [4.78, 5) is 2.14. The fourth-order valence-corrected chi connectivity index (χ4v) is 3.58. The lowest BCUT2D eigenvalue weighted by Gasteiger charge is -2.28. The van der Waals surface area contributed by atoms with Gasteiger partial charge in [-0.25, -0.2) is 0 Å². The molecule has 0 radical (unpaired) electrons. The zero-order valence-electron chi connectivity index (χ0n) is 18.3. The number of hydrogen-bond donors (Lipinski definition) is 1. The molecule has 2 aliphatic rings. The largest absolute Gasteiger partial charge is 0.416 e. The minimum absolute atomic E-state index is 0.304. The second kappa shape index (κ2) is 13.1. The summed E-state index contributed by atoms with van der Waals surface area (Å²) in [5.74, 6) is 0. The minimum atomic E-state index is -4.27. The van der Waals surface area contributed by atoms with E-state index in [9.17, 15) is 26.3 Å². The van der Waals surface area contributed by atoms with E-state index in [-0.39, 0.29) is 0 Å². The van der Waals surface area contributed by atoms with Gasteiger partial charge in [0, 0.05) is 23.8 Å². The van der Waals surface area contributed by atoms with Crippen LogP contribution in [-0.4, -0.2) is 26.2 Å². The topological polar surface area (TPSA) is 15.3 Å². The number of nitrogens with zero attached hydrogens (tertiary/aromatic N) is 1. The van der Waals surface area contributed by atoms with Gasteiger partial charge < -0.3 is 10.2 Å². The fourth-order valence-electron chi connectivity index (χ4n) is 3.45. The quantitative estimate of drug-likeness (QED) is 0.407. The van der Waals surface area contributed by atoms with Crippen LogP contribution in [0.25, 0.3) is 0 Å². The van der Waals surface area contributed by atoms with Crippen LogP contribution in [0.1, 0.15) is 49.7 Å². The van der Waals surface area contributed by atoms with Gasteiger partial charge in [-0.1, -0.05) is 18.0 Å². The molecular weight excluding hydrogens is 466 g/mol. The van der Waals surface area contributed by atoms with Crippen molar-refractivity contribution in [1.82, 2.24) is 5.32 Å². The van der Waals surface area contributed by atoms with Gasteiger partial charge in [-0.3, -0.25) is 0 Å². The SMILES string of the molecule is C1CCNCC1.FC(F)(F)c1ccc(Cl)cc1.FC(F)(F)c1ccc(N2CCCCC2)cc1. The van der Waals surface area contributed by atoms with Crippen molar-refractivity contribution in [2.45, 2.75) is 50.9 Å². The molecule has 2 aromatic rings. The van der Waals surface area contributed by atoms with E-state index in [1.807, 2.05) is 0 Å². The molecule has 2 aromatic carbocycles. The lowest BCUT2D eigenvalue weighted by Crippen LogP contribution is -2.29. The van der Waals surface area contributed by atoms with Gasteiger partial charge in [0.05, 0.1) is 11.1 Å². The van der Waals surface area contributed by atoms with Crippen molar-refractivity contribution < 1.29 is 26.3 Å². The predicted molar refractivity (Wildman–Crippen MR) is 121 cm³/mol. The Bertz CT molecular complexity index is 782. The Morgan fingerprint density at radius 2 is 1.03 bits per heavy atom. The van der Waals surface area contributed by atoms with Crippen LogP contribution in [0.2, 0.25) is 5.02 Å². The number of alkyl halides is 6. The lowest BCUT2D eigenvalue weighted by molar-refractivity contribution is -0.138. The van der Waals surface area contributed by atoms with Crippen LogP contribution in [0.3, 0.4) is 0 Å². The molecule has 2 fully saturated rings. The van der Waals surface area contributed by atoms with Crippen LogP contribution in [-0.2, 0) is 12.4 Å². The summed E-state index contributed by atoms with van der Waals surface area (Å²) in [5.41, 5.74) is -0.358. The highest BCUT2D eigenvalue weighted by Gasteiger charge is 2.30. The van der Waals surface area contributed by atoms with E-state index >= 15 is 0 Å². The Kier molecular flexibility index (Phi) is 10.8. The summed E-state index contributed by atoms with van der Waals surface area (Å²) in [6, 6.07) is 9.76. The number of anilines is 1. The van der Waals surface area contributed by atoms with E-state index in [1.54, 1.807) is 12.1 Å². The van der Waals surface area contributed by atoms with Crippen molar-refractivity contribution in [1.29, 1.82) is 0 Å². The van der Waals surface area contributed by atoms with Crippen LogP contribution < -0.4 is 10.2 Å². The Morgan fingerprint density at radius 1 is 0.606 bits per heavy atom. The Balaban J connectivity index is 0.000000195. The van der Waals surface area contributed by atoms with Crippen LogP contribution in [0, 0.1) is 0 Å². The van der Waals surface area contributed by atoms with Gasteiger partial charge >= 0.3 is 12.4 Å². The number of rotatable bonds is 1. The Morgan fingerprint density at radius 3 is 1.39 bits per heavy atom. The smallest absolute Gasteiger partial charge is 0.372 e. The van der Waals surface area contributed by atoms with E-state index in [0.717, 1.165) is 55.9 Å². The molecule has 0 amide bonds. The molecule has 184 valence electrons. The molecule has 0 aliphatic carbocycles. The first kappa shape index (κ1) is 27.3. The van der Waals surface area contributed by atoms with E-state index in [1.165, 1.54) is 50.9 Å². The van der Waals surface area contributed by atoms with Crippen molar-refractivity contribution in [2.24, 2.45) is 0 Å². The normalized spacial score (nSPS) is 16.8. The lowest BCUT2D eigenvalue weighted by atomic mass is 10.1. The first-order chi connectivity index (χ1) is 15.6. The molecule has 2 aliphatic heterocycles. The number of piperidine rings is 2. The molecule has 4 rings (SSSR count). The maximum absolute atomic E-state index is 12.3. The maximum atomic E-state index is 12.3. The monoisotopic (exact) mass is 494 g/mol. The van der Waals surface area contributed by atoms with E-state index < -0.39 is 23.5 Å². The van der Waals surface area contributed by atoms with Gasteiger partial charge in [-0.2, -0.15) is 26.3 Å². The number of nitrogens with one attached hydrogen (secondary N) is 1. The van der Waals surface area contributed by atoms with Gasteiger partial charge in [0.25, 0.3) is 0 Å². The molecule has 0 unspecified atom stereocenters. The zero-order valence-corrected chi connectivity index (χ0v) is 19.0.